The molecule has 1 aromatic carbocycles. The highest BCUT2D eigenvalue weighted by Crippen LogP contribution is 2.33. The van der Waals surface area contributed by atoms with Gasteiger partial charge in [-0.05, 0) is 18.4 Å². The van der Waals surface area contributed by atoms with Gasteiger partial charge < -0.3 is 5.11 Å². The Hall–Kier alpha value is -0.840. The molecule has 0 radical (unpaired) electrons. The summed E-state index contributed by atoms with van der Waals surface area (Å²) in [6.45, 7) is 0. The molecular formula is C9H9F3OS. The third kappa shape index (κ3) is 2.57. The summed E-state index contributed by atoms with van der Waals surface area (Å²) in [5.74, 6) is 0.207. The van der Waals surface area contributed by atoms with E-state index in [1.807, 2.05) is 6.26 Å². The molecule has 0 atom stereocenters. The molecule has 14 heavy (non-hydrogen) atoms. The number of halogens is 3. The minimum atomic E-state index is -4.39. The lowest BCUT2D eigenvalue weighted by atomic mass is 10.1. The maximum Gasteiger partial charge on any atom is 0.416 e. The van der Waals surface area contributed by atoms with Crippen molar-refractivity contribution in [2.45, 2.75) is 11.9 Å². The zero-order chi connectivity index (χ0) is 10.8. The standard InChI is InChI=1S/C9H9F3OS/c1-14-5-6-2-3-7(4-8(6)13)9(10,11)12/h2-4,13H,5H2,1H3. The van der Waals surface area contributed by atoms with E-state index in [9.17, 15) is 18.3 Å². The SMILES string of the molecule is CSCc1ccc(C(F)(F)F)cc1O. The summed E-state index contributed by atoms with van der Waals surface area (Å²) in [5, 5.41) is 9.27. The van der Waals surface area contributed by atoms with E-state index in [2.05, 4.69) is 0 Å². The third-order valence-corrected chi connectivity index (χ3v) is 2.31. The molecule has 1 nitrogen and oxygen atoms in total. The van der Waals surface area contributed by atoms with Gasteiger partial charge in [-0.25, -0.2) is 0 Å². The van der Waals surface area contributed by atoms with Crippen molar-refractivity contribution < 1.29 is 18.3 Å². The predicted octanol–water partition coefficient (Wildman–Crippen LogP) is 3.27. The van der Waals surface area contributed by atoms with Gasteiger partial charge in [-0.2, -0.15) is 24.9 Å². The summed E-state index contributed by atoms with van der Waals surface area (Å²) >= 11 is 1.44. The maximum atomic E-state index is 12.2. The van der Waals surface area contributed by atoms with Crippen molar-refractivity contribution in [2.24, 2.45) is 0 Å². The molecule has 0 aliphatic heterocycles. The smallest absolute Gasteiger partial charge is 0.416 e. The molecule has 0 bridgehead atoms. The van der Waals surface area contributed by atoms with Gasteiger partial charge in [-0.3, -0.25) is 0 Å². The van der Waals surface area contributed by atoms with Gasteiger partial charge in [0, 0.05) is 11.3 Å². The van der Waals surface area contributed by atoms with Crippen molar-refractivity contribution in [2.75, 3.05) is 6.26 Å². The quantitative estimate of drug-likeness (QED) is 0.828. The summed E-state index contributed by atoms with van der Waals surface area (Å²) in [6, 6.07) is 3.03. The van der Waals surface area contributed by atoms with Crippen LogP contribution in [0.3, 0.4) is 0 Å². The first-order valence-electron chi connectivity index (χ1n) is 3.83. The number of benzene rings is 1. The molecule has 1 N–H and O–H groups in total. The van der Waals surface area contributed by atoms with E-state index in [-0.39, 0.29) is 5.75 Å². The first-order valence-corrected chi connectivity index (χ1v) is 5.22. The lowest BCUT2D eigenvalue weighted by molar-refractivity contribution is -0.137. The lowest BCUT2D eigenvalue weighted by Gasteiger charge is -2.09. The van der Waals surface area contributed by atoms with Crippen molar-refractivity contribution in [1.82, 2.24) is 0 Å². The zero-order valence-corrected chi connectivity index (χ0v) is 8.25. The van der Waals surface area contributed by atoms with Gasteiger partial charge in [0.2, 0.25) is 0 Å². The molecule has 0 unspecified atom stereocenters. The molecular weight excluding hydrogens is 213 g/mol. The Morgan fingerprint density at radius 2 is 2.00 bits per heavy atom. The average Bonchev–Trinajstić information content (AvgIpc) is 2.07. The van der Waals surface area contributed by atoms with Crippen molar-refractivity contribution in [1.29, 1.82) is 0 Å². The van der Waals surface area contributed by atoms with E-state index in [1.165, 1.54) is 17.8 Å². The summed E-state index contributed by atoms with van der Waals surface area (Å²) < 4.78 is 36.5. The van der Waals surface area contributed by atoms with Crippen molar-refractivity contribution >= 4 is 11.8 Å². The molecule has 0 aromatic heterocycles. The molecule has 0 aliphatic carbocycles. The number of hydrogen-bond acceptors (Lipinski definition) is 2. The van der Waals surface area contributed by atoms with E-state index in [0.29, 0.717) is 11.3 Å². The van der Waals surface area contributed by atoms with Crippen molar-refractivity contribution in [3.8, 4) is 5.75 Å². The number of phenols is 1. The molecule has 5 heteroatoms. The minimum absolute atomic E-state index is 0.297. The van der Waals surface area contributed by atoms with Crippen LogP contribution in [0.2, 0.25) is 0 Å². The second-order valence-electron chi connectivity index (χ2n) is 2.77. The maximum absolute atomic E-state index is 12.2. The van der Waals surface area contributed by atoms with Crippen LogP contribution in [0, 0.1) is 0 Å². The van der Waals surface area contributed by atoms with Crippen LogP contribution in [-0.2, 0) is 11.9 Å². The first-order chi connectivity index (χ1) is 6.45. The molecule has 0 fully saturated rings. The minimum Gasteiger partial charge on any atom is -0.508 e. The molecule has 0 saturated heterocycles. The van der Waals surface area contributed by atoms with Gasteiger partial charge in [0.25, 0.3) is 0 Å². The van der Waals surface area contributed by atoms with Crippen molar-refractivity contribution in [3.63, 3.8) is 0 Å². The summed E-state index contributed by atoms with van der Waals surface area (Å²) in [7, 11) is 0. The molecule has 0 aliphatic rings. The Labute approximate surface area is 83.9 Å². The van der Waals surface area contributed by atoms with E-state index < -0.39 is 11.7 Å². The molecule has 1 aromatic rings. The third-order valence-electron chi connectivity index (χ3n) is 1.71. The Kier molecular flexibility index (Phi) is 3.31. The Morgan fingerprint density at radius 1 is 1.36 bits per heavy atom. The lowest BCUT2D eigenvalue weighted by Crippen LogP contribution is -2.04. The van der Waals surface area contributed by atoms with Crippen LogP contribution in [0.15, 0.2) is 18.2 Å². The number of aromatic hydroxyl groups is 1. The van der Waals surface area contributed by atoms with E-state index in [0.717, 1.165) is 12.1 Å². The number of hydrogen-bond donors (Lipinski definition) is 1. The monoisotopic (exact) mass is 222 g/mol. The number of alkyl halides is 3. The van der Waals surface area contributed by atoms with E-state index in [4.69, 9.17) is 0 Å². The molecule has 0 amide bonds. The molecule has 0 heterocycles. The Bertz CT molecular complexity index is 322. The molecule has 78 valence electrons. The van der Waals surface area contributed by atoms with Crippen LogP contribution in [-0.4, -0.2) is 11.4 Å². The largest absolute Gasteiger partial charge is 0.508 e. The fraction of sp³-hybridized carbons (Fsp3) is 0.333. The second-order valence-corrected chi connectivity index (χ2v) is 3.64. The number of phenolic OH excluding ortho intramolecular Hbond substituents is 1. The Balaban J connectivity index is 3.01. The second kappa shape index (κ2) is 4.13. The highest BCUT2D eigenvalue weighted by molar-refractivity contribution is 7.97. The zero-order valence-electron chi connectivity index (χ0n) is 7.43. The van der Waals surface area contributed by atoms with E-state index >= 15 is 0 Å². The van der Waals surface area contributed by atoms with Gasteiger partial charge in [0.15, 0.2) is 0 Å². The molecule has 0 spiro atoms. The Morgan fingerprint density at radius 3 is 2.43 bits per heavy atom. The summed E-state index contributed by atoms with van der Waals surface area (Å²) in [6.07, 6.45) is -2.58. The van der Waals surface area contributed by atoms with Gasteiger partial charge in [-0.15, -0.1) is 0 Å². The van der Waals surface area contributed by atoms with Crippen molar-refractivity contribution in [3.05, 3.63) is 29.3 Å². The van der Waals surface area contributed by atoms with Gasteiger partial charge in [0.05, 0.1) is 5.56 Å². The molecule has 1 rings (SSSR count). The summed E-state index contributed by atoms with van der Waals surface area (Å²) in [5.41, 5.74) is -0.301. The molecule has 0 saturated carbocycles. The van der Waals surface area contributed by atoms with Crippen LogP contribution in [0.4, 0.5) is 13.2 Å². The topological polar surface area (TPSA) is 20.2 Å². The van der Waals surface area contributed by atoms with Crippen LogP contribution < -0.4 is 0 Å². The number of rotatable bonds is 2. The van der Waals surface area contributed by atoms with Crippen LogP contribution in [0.25, 0.3) is 0 Å². The van der Waals surface area contributed by atoms with Crippen LogP contribution in [0.1, 0.15) is 11.1 Å². The van der Waals surface area contributed by atoms with Gasteiger partial charge in [0.1, 0.15) is 5.75 Å². The fourth-order valence-electron chi connectivity index (χ4n) is 1.02. The number of thioether (sulfide) groups is 1. The summed E-state index contributed by atoms with van der Waals surface area (Å²) in [4.78, 5) is 0. The van der Waals surface area contributed by atoms with Crippen LogP contribution >= 0.6 is 11.8 Å². The average molecular weight is 222 g/mol. The van der Waals surface area contributed by atoms with E-state index in [1.54, 1.807) is 0 Å². The van der Waals surface area contributed by atoms with Crippen LogP contribution in [0.5, 0.6) is 5.75 Å². The highest BCUT2D eigenvalue weighted by atomic mass is 32.2. The highest BCUT2D eigenvalue weighted by Gasteiger charge is 2.30. The first kappa shape index (κ1) is 11.2. The van der Waals surface area contributed by atoms with Gasteiger partial charge >= 0.3 is 6.18 Å². The normalized spacial score (nSPS) is 11.7. The predicted molar refractivity (Wildman–Crippen MR) is 50.3 cm³/mol. The fourth-order valence-corrected chi connectivity index (χ4v) is 1.57. The van der Waals surface area contributed by atoms with Gasteiger partial charge in [-0.1, -0.05) is 6.07 Å².